The van der Waals surface area contributed by atoms with Crippen LogP contribution in [0.2, 0.25) is 18.1 Å². The average Bonchev–Trinajstić information content (AvgIpc) is 3.10. The molecule has 35 heavy (non-hydrogen) atoms. The Balaban J connectivity index is 1.45. The summed E-state index contributed by atoms with van der Waals surface area (Å²) in [5.41, 5.74) is 2.65. The minimum absolute atomic E-state index is 0.294. The minimum Gasteiger partial charge on any atom is -0.414 e. The summed E-state index contributed by atoms with van der Waals surface area (Å²) in [6, 6.07) is 0. The van der Waals surface area contributed by atoms with E-state index in [1.165, 1.54) is 57.8 Å². The highest BCUT2D eigenvalue weighted by Crippen LogP contribution is 2.67. The SMILES string of the molecule is CC(C)CCOC(C)[C@H]1CC[C@H]2[C@@H]3CC=C4CC(O[Si](C)(C)C(C)(C)C)CC[C@]4(C)[C@H]3CC[C@]12C. The van der Waals surface area contributed by atoms with Gasteiger partial charge >= 0.3 is 0 Å². The Bertz CT molecular complexity index is 779. The molecule has 0 heterocycles. The molecule has 3 heteroatoms. The number of rotatable bonds is 7. The van der Waals surface area contributed by atoms with Crippen molar-refractivity contribution in [1.29, 1.82) is 0 Å². The zero-order valence-electron chi connectivity index (χ0n) is 25.0. The lowest BCUT2D eigenvalue weighted by atomic mass is 9.47. The third-order valence-electron chi connectivity index (χ3n) is 12.0. The van der Waals surface area contributed by atoms with Gasteiger partial charge in [0.25, 0.3) is 0 Å². The first-order valence-electron chi connectivity index (χ1n) is 15.2. The third-order valence-corrected chi connectivity index (χ3v) is 16.6. The Morgan fingerprint density at radius 2 is 1.71 bits per heavy atom. The molecule has 2 nitrogen and oxygen atoms in total. The van der Waals surface area contributed by atoms with Crippen LogP contribution in [0.4, 0.5) is 0 Å². The topological polar surface area (TPSA) is 18.5 Å². The average molecular weight is 503 g/mol. The monoisotopic (exact) mass is 502 g/mol. The van der Waals surface area contributed by atoms with Gasteiger partial charge in [-0.3, -0.25) is 0 Å². The van der Waals surface area contributed by atoms with Gasteiger partial charge in [-0.15, -0.1) is 0 Å². The van der Waals surface area contributed by atoms with Gasteiger partial charge in [0.2, 0.25) is 0 Å². The highest BCUT2D eigenvalue weighted by molar-refractivity contribution is 6.74. The van der Waals surface area contributed by atoms with Gasteiger partial charge in [0.05, 0.1) is 6.10 Å². The molecule has 0 aromatic rings. The van der Waals surface area contributed by atoms with E-state index in [-0.39, 0.29) is 0 Å². The van der Waals surface area contributed by atoms with Crippen LogP contribution in [-0.4, -0.2) is 27.1 Å². The van der Waals surface area contributed by atoms with E-state index in [1.807, 2.05) is 0 Å². The van der Waals surface area contributed by atoms with Gasteiger partial charge in [-0.25, -0.2) is 0 Å². The second kappa shape index (κ2) is 9.88. The van der Waals surface area contributed by atoms with Crippen molar-refractivity contribution < 1.29 is 9.16 Å². The smallest absolute Gasteiger partial charge is 0.192 e. The van der Waals surface area contributed by atoms with Crippen molar-refractivity contribution >= 4 is 8.32 Å². The summed E-state index contributed by atoms with van der Waals surface area (Å²) < 4.78 is 13.4. The molecule has 0 aliphatic heterocycles. The van der Waals surface area contributed by atoms with Crippen LogP contribution in [0.1, 0.15) is 113 Å². The molecule has 4 aliphatic carbocycles. The fourth-order valence-electron chi connectivity index (χ4n) is 8.74. The molecule has 0 radical (unpaired) electrons. The number of hydrogen-bond acceptors (Lipinski definition) is 2. The van der Waals surface area contributed by atoms with Gasteiger partial charge in [0.15, 0.2) is 8.32 Å². The summed E-state index contributed by atoms with van der Waals surface area (Å²) in [5, 5.41) is 0.294. The quantitative estimate of drug-likeness (QED) is 0.255. The predicted molar refractivity (Wildman–Crippen MR) is 152 cm³/mol. The summed E-state index contributed by atoms with van der Waals surface area (Å²) in [6.07, 6.45) is 15.5. The summed E-state index contributed by atoms with van der Waals surface area (Å²) in [5.74, 6) is 4.13. The van der Waals surface area contributed by atoms with Crippen molar-refractivity contribution in [2.24, 2.45) is 40.4 Å². The van der Waals surface area contributed by atoms with Gasteiger partial charge in [-0.1, -0.05) is 60.1 Å². The first-order valence-corrected chi connectivity index (χ1v) is 18.1. The van der Waals surface area contributed by atoms with Gasteiger partial charge in [0.1, 0.15) is 0 Å². The van der Waals surface area contributed by atoms with E-state index in [0.717, 1.165) is 36.2 Å². The van der Waals surface area contributed by atoms with Crippen molar-refractivity contribution in [2.75, 3.05) is 6.61 Å². The molecule has 0 spiro atoms. The van der Waals surface area contributed by atoms with Crippen LogP contribution in [0, 0.1) is 40.4 Å². The molecule has 3 fully saturated rings. The molecule has 0 N–H and O–H groups in total. The standard InChI is InChI=1S/C32H58O2Si/c1-22(2)17-20-33-23(3)27-13-14-28-26-12-11-24-21-25(34-35(9,10)30(4,5)6)15-18-31(24,7)29(26)16-19-32(27,28)8/h11,22-23,25-29H,12-21H2,1-10H3/t23?,25?,26-,27+,28-,29-,31-,32+/m0/s1. The predicted octanol–water partition coefficient (Wildman–Crippen LogP) is 9.41. The van der Waals surface area contributed by atoms with Crippen molar-refractivity contribution in [1.82, 2.24) is 0 Å². The lowest BCUT2D eigenvalue weighted by molar-refractivity contribution is -0.0815. The molecule has 0 bridgehead atoms. The van der Waals surface area contributed by atoms with Crippen LogP contribution in [-0.2, 0) is 9.16 Å². The van der Waals surface area contributed by atoms with Crippen LogP contribution in [0.15, 0.2) is 11.6 Å². The molecule has 0 aromatic carbocycles. The Hall–Kier alpha value is -0.123. The fourth-order valence-corrected chi connectivity index (χ4v) is 10.1. The zero-order valence-corrected chi connectivity index (χ0v) is 26.0. The largest absolute Gasteiger partial charge is 0.414 e. The Morgan fingerprint density at radius 1 is 1.00 bits per heavy atom. The van der Waals surface area contributed by atoms with E-state index in [0.29, 0.717) is 28.1 Å². The zero-order chi connectivity index (χ0) is 25.8. The van der Waals surface area contributed by atoms with Crippen LogP contribution >= 0.6 is 0 Å². The maximum Gasteiger partial charge on any atom is 0.192 e. The van der Waals surface area contributed by atoms with Crippen LogP contribution in [0.5, 0.6) is 0 Å². The molecule has 8 atom stereocenters. The van der Waals surface area contributed by atoms with E-state index >= 15 is 0 Å². The minimum atomic E-state index is -1.71. The van der Waals surface area contributed by atoms with Crippen LogP contribution < -0.4 is 0 Å². The number of ether oxygens (including phenoxy) is 1. The van der Waals surface area contributed by atoms with Crippen molar-refractivity contribution in [2.45, 2.75) is 144 Å². The maximum absolute atomic E-state index is 6.93. The molecule has 3 saturated carbocycles. The molecular weight excluding hydrogens is 444 g/mol. The Labute approximate surface area is 219 Å². The molecule has 0 aromatic heterocycles. The molecule has 2 unspecified atom stereocenters. The van der Waals surface area contributed by atoms with E-state index in [4.69, 9.17) is 9.16 Å². The Morgan fingerprint density at radius 3 is 2.37 bits per heavy atom. The van der Waals surface area contributed by atoms with Crippen LogP contribution in [0.3, 0.4) is 0 Å². The molecule has 4 aliphatic rings. The first-order chi connectivity index (χ1) is 16.2. The van der Waals surface area contributed by atoms with Gasteiger partial charge in [0, 0.05) is 12.7 Å². The first kappa shape index (κ1) is 27.9. The van der Waals surface area contributed by atoms with Gasteiger partial charge in [-0.2, -0.15) is 0 Å². The number of fused-ring (bicyclic) bond motifs is 5. The summed E-state index contributed by atoms with van der Waals surface area (Å²) >= 11 is 0. The van der Waals surface area contributed by atoms with Crippen molar-refractivity contribution in [3.05, 3.63) is 11.6 Å². The van der Waals surface area contributed by atoms with E-state index in [1.54, 1.807) is 5.57 Å². The number of hydrogen-bond donors (Lipinski definition) is 0. The second-order valence-electron chi connectivity index (χ2n) is 15.5. The maximum atomic E-state index is 6.93. The highest BCUT2D eigenvalue weighted by Gasteiger charge is 2.59. The number of allylic oxidation sites excluding steroid dienone is 1. The summed E-state index contributed by atoms with van der Waals surface area (Å²) in [6.45, 7) is 25.2. The Kier molecular flexibility index (Phi) is 7.88. The van der Waals surface area contributed by atoms with Gasteiger partial charge in [-0.05, 0) is 123 Å². The summed E-state index contributed by atoms with van der Waals surface area (Å²) in [7, 11) is -1.71. The highest BCUT2D eigenvalue weighted by atomic mass is 28.4. The molecule has 4 rings (SSSR count). The third kappa shape index (κ3) is 5.13. The van der Waals surface area contributed by atoms with E-state index < -0.39 is 8.32 Å². The lowest BCUT2D eigenvalue weighted by Gasteiger charge is -2.58. The molecule has 0 amide bonds. The second-order valence-corrected chi connectivity index (χ2v) is 20.2. The van der Waals surface area contributed by atoms with E-state index in [9.17, 15) is 0 Å². The fraction of sp³-hybridized carbons (Fsp3) is 0.938. The van der Waals surface area contributed by atoms with Crippen molar-refractivity contribution in [3.8, 4) is 0 Å². The van der Waals surface area contributed by atoms with Gasteiger partial charge < -0.3 is 9.16 Å². The van der Waals surface area contributed by atoms with Crippen LogP contribution in [0.25, 0.3) is 0 Å². The van der Waals surface area contributed by atoms with Crippen molar-refractivity contribution in [3.63, 3.8) is 0 Å². The molecular formula is C32H58O2Si. The van der Waals surface area contributed by atoms with E-state index in [2.05, 4.69) is 74.6 Å². The molecule has 202 valence electrons. The lowest BCUT2D eigenvalue weighted by Crippen LogP contribution is -2.52. The molecule has 0 saturated heterocycles. The normalized spacial score (nSPS) is 40.7. The summed E-state index contributed by atoms with van der Waals surface area (Å²) in [4.78, 5) is 0.